The van der Waals surface area contributed by atoms with E-state index in [2.05, 4.69) is 20.3 Å². The molecule has 2 amide bonds. The number of aromatic nitrogens is 1. The molecule has 3 aliphatic heterocycles. The molecule has 1 aromatic heterocycles. The maximum absolute atomic E-state index is 12.8. The number of thioether (sulfide) groups is 1. The fourth-order valence-corrected chi connectivity index (χ4v) is 5.69. The number of rotatable bonds is 5. The average Bonchev–Trinajstić information content (AvgIpc) is 3.25. The summed E-state index contributed by atoms with van der Waals surface area (Å²) in [7, 11) is 1.25. The van der Waals surface area contributed by atoms with Crippen molar-refractivity contribution in [3.8, 4) is 0 Å². The van der Waals surface area contributed by atoms with Crippen molar-refractivity contribution in [2.75, 3.05) is 18.6 Å². The zero-order chi connectivity index (χ0) is 20.9. The molecule has 0 bridgehead atoms. The lowest BCUT2D eigenvalue weighted by molar-refractivity contribution is -0.213. The Kier molecular flexibility index (Phi) is 4.61. The molecule has 154 valence electrons. The average molecular weight is 441 g/mol. The number of carboxylic acid groups (broad SMARTS) is 1. The second-order valence-electron chi connectivity index (χ2n) is 6.42. The topological polar surface area (TPSA) is 174 Å². The van der Waals surface area contributed by atoms with Gasteiger partial charge >= 0.3 is 11.9 Å². The molecule has 0 spiro atoms. The summed E-state index contributed by atoms with van der Waals surface area (Å²) in [5.41, 5.74) is 3.55. The number of carboxylic acids is 1. The first-order chi connectivity index (χ1) is 13.8. The Morgan fingerprint density at radius 3 is 2.90 bits per heavy atom. The molecule has 29 heavy (non-hydrogen) atoms. The molecule has 0 radical (unpaired) electrons. The van der Waals surface area contributed by atoms with Gasteiger partial charge in [-0.25, -0.2) is 9.78 Å². The minimum Gasteiger partial charge on any atom is -0.477 e. The molecule has 1 unspecified atom stereocenters. The largest absolute Gasteiger partial charge is 0.477 e. The molecule has 4 rings (SSSR count). The van der Waals surface area contributed by atoms with Crippen molar-refractivity contribution in [3.05, 3.63) is 11.1 Å². The lowest BCUT2D eigenvalue weighted by atomic mass is 9.89. The van der Waals surface area contributed by atoms with Gasteiger partial charge in [-0.2, -0.15) is 0 Å². The lowest BCUT2D eigenvalue weighted by Crippen LogP contribution is -2.82. The number of aliphatic carboxylic acids is 1. The highest BCUT2D eigenvalue weighted by atomic mass is 32.2. The van der Waals surface area contributed by atoms with Gasteiger partial charge in [0, 0.05) is 11.1 Å². The molecule has 12 nitrogen and oxygen atoms in total. The molecule has 0 aliphatic carbocycles. The van der Waals surface area contributed by atoms with Crippen molar-refractivity contribution in [1.29, 1.82) is 0 Å². The number of β-lactam (4-membered cyclic amide) rings is 1. The van der Waals surface area contributed by atoms with Crippen LogP contribution in [0.2, 0.25) is 0 Å². The number of nitrogens with zero attached hydrogens (tertiary/aromatic N) is 3. The van der Waals surface area contributed by atoms with E-state index in [1.54, 1.807) is 0 Å². The third-order valence-electron chi connectivity index (χ3n) is 4.86. The Morgan fingerprint density at radius 2 is 2.28 bits per heavy atom. The molecule has 1 aromatic rings. The highest BCUT2D eigenvalue weighted by Crippen LogP contribution is 2.49. The number of fused-ring (bicyclic) bond motifs is 3. The monoisotopic (exact) mass is 441 g/mol. The summed E-state index contributed by atoms with van der Waals surface area (Å²) in [6.45, 7) is 0. The van der Waals surface area contributed by atoms with E-state index in [0.29, 0.717) is 5.75 Å². The van der Waals surface area contributed by atoms with E-state index < -0.39 is 46.8 Å². The van der Waals surface area contributed by atoms with Crippen molar-refractivity contribution < 1.29 is 33.9 Å². The van der Waals surface area contributed by atoms with E-state index in [-0.39, 0.29) is 23.0 Å². The lowest BCUT2D eigenvalue weighted by Gasteiger charge is -2.56. The van der Waals surface area contributed by atoms with Gasteiger partial charge in [-0.05, 0) is 0 Å². The SMILES string of the molecule is CO/N=C(\C(=O)N[C@@H]1C(=O)N2C1CS[C@@H]1CC(=O)O[C@@]12C(=O)O)c1csc(N)n1. The number of nitrogens with two attached hydrogens (primary N) is 1. The van der Waals surface area contributed by atoms with Crippen LogP contribution in [0.4, 0.5) is 5.13 Å². The number of nitrogens with one attached hydrogen (secondary N) is 1. The minimum absolute atomic E-state index is 0.0968. The third-order valence-corrected chi connectivity index (χ3v) is 6.96. The molecule has 14 heteroatoms. The first kappa shape index (κ1) is 19.4. The molecule has 3 saturated heterocycles. The first-order valence-corrected chi connectivity index (χ1v) is 10.3. The van der Waals surface area contributed by atoms with E-state index in [4.69, 9.17) is 10.5 Å². The summed E-state index contributed by atoms with van der Waals surface area (Å²) in [6, 6.07) is -1.65. The van der Waals surface area contributed by atoms with Crippen LogP contribution >= 0.6 is 23.1 Å². The number of esters is 1. The minimum atomic E-state index is -2.05. The standard InChI is InChI=1S/C15H15N5O7S2/c1-26-19-9(5-3-29-14(16)17-5)11(22)18-10-6-4-28-7-2-8(21)27-15(7,13(24)25)20(6)12(10)23/h3,6-7,10H,2,4H2,1H3,(H2,16,17)(H,18,22)(H,24,25)/b19-9-/t6?,7-,10+,15-/m1/s1. The zero-order valence-electron chi connectivity index (χ0n) is 14.9. The fourth-order valence-electron chi connectivity index (χ4n) is 3.63. The molecule has 3 fully saturated rings. The van der Waals surface area contributed by atoms with Crippen LogP contribution in [0.1, 0.15) is 12.1 Å². The molecule has 3 aliphatic rings. The summed E-state index contributed by atoms with van der Waals surface area (Å²) < 4.78 is 5.10. The smallest absolute Gasteiger partial charge is 0.371 e. The number of amides is 2. The van der Waals surface area contributed by atoms with Crippen molar-refractivity contribution in [2.24, 2.45) is 5.16 Å². The Hall–Kier alpha value is -2.87. The number of anilines is 1. The molecule has 0 aromatic carbocycles. The van der Waals surface area contributed by atoms with Gasteiger partial charge in [-0.15, -0.1) is 23.1 Å². The summed E-state index contributed by atoms with van der Waals surface area (Å²) in [6.07, 6.45) is -0.0968. The van der Waals surface area contributed by atoms with Gasteiger partial charge in [0.1, 0.15) is 18.8 Å². The van der Waals surface area contributed by atoms with E-state index in [9.17, 15) is 24.3 Å². The van der Waals surface area contributed by atoms with Crippen LogP contribution in [0.15, 0.2) is 10.5 Å². The van der Waals surface area contributed by atoms with Crippen LogP contribution in [0.25, 0.3) is 0 Å². The normalized spacial score (nSPS) is 30.7. The number of thiazole rings is 1. The van der Waals surface area contributed by atoms with Crippen molar-refractivity contribution in [2.45, 2.75) is 29.5 Å². The van der Waals surface area contributed by atoms with Crippen LogP contribution in [-0.4, -0.2) is 80.4 Å². The van der Waals surface area contributed by atoms with E-state index in [0.717, 1.165) is 16.2 Å². The van der Waals surface area contributed by atoms with E-state index in [1.165, 1.54) is 24.3 Å². The first-order valence-electron chi connectivity index (χ1n) is 8.33. The van der Waals surface area contributed by atoms with Crippen LogP contribution < -0.4 is 11.1 Å². The fraction of sp³-hybridized carbons (Fsp3) is 0.467. The molecule has 4 N–H and O–H groups in total. The van der Waals surface area contributed by atoms with Gasteiger partial charge in [0.2, 0.25) is 0 Å². The summed E-state index contributed by atoms with van der Waals surface area (Å²) in [4.78, 5) is 58.8. The van der Waals surface area contributed by atoms with Gasteiger partial charge in [0.15, 0.2) is 10.8 Å². The third kappa shape index (κ3) is 2.81. The van der Waals surface area contributed by atoms with Gasteiger partial charge in [0.05, 0.1) is 17.7 Å². The second kappa shape index (κ2) is 6.88. The highest BCUT2D eigenvalue weighted by molar-refractivity contribution is 8.00. The van der Waals surface area contributed by atoms with Crippen molar-refractivity contribution in [3.63, 3.8) is 0 Å². The number of nitrogen functional groups attached to an aromatic ring is 1. The number of ether oxygens (including phenoxy) is 1. The maximum atomic E-state index is 12.8. The Labute approximate surface area is 171 Å². The van der Waals surface area contributed by atoms with Gasteiger partial charge < -0.3 is 25.7 Å². The molecular weight excluding hydrogens is 426 g/mol. The van der Waals surface area contributed by atoms with Crippen molar-refractivity contribution in [1.82, 2.24) is 15.2 Å². The van der Waals surface area contributed by atoms with Crippen LogP contribution in [0.3, 0.4) is 0 Å². The number of carbonyl (C=O) groups is 4. The predicted molar refractivity (Wildman–Crippen MR) is 100.0 cm³/mol. The number of hydrogen-bond acceptors (Lipinski definition) is 11. The Bertz CT molecular complexity index is 949. The van der Waals surface area contributed by atoms with Crippen LogP contribution in [0, 0.1) is 0 Å². The highest BCUT2D eigenvalue weighted by Gasteiger charge is 2.71. The van der Waals surface area contributed by atoms with Crippen molar-refractivity contribution >= 4 is 57.7 Å². The Morgan fingerprint density at radius 1 is 1.52 bits per heavy atom. The van der Waals surface area contributed by atoms with Gasteiger partial charge in [-0.1, -0.05) is 5.16 Å². The van der Waals surface area contributed by atoms with E-state index >= 15 is 0 Å². The van der Waals surface area contributed by atoms with Gasteiger partial charge in [-0.3, -0.25) is 19.3 Å². The predicted octanol–water partition coefficient (Wildman–Crippen LogP) is -1.39. The van der Waals surface area contributed by atoms with Crippen LogP contribution in [-0.2, 0) is 28.8 Å². The van der Waals surface area contributed by atoms with E-state index in [1.807, 2.05) is 0 Å². The maximum Gasteiger partial charge on any atom is 0.371 e. The second-order valence-corrected chi connectivity index (χ2v) is 8.55. The number of carbonyl (C=O) groups excluding carboxylic acids is 3. The summed E-state index contributed by atoms with van der Waals surface area (Å²) >= 11 is 2.33. The molecular formula is C15H15N5O7S2. The number of hydrogen-bond donors (Lipinski definition) is 3. The summed E-state index contributed by atoms with van der Waals surface area (Å²) in [5.74, 6) is -3.13. The molecule has 4 atom stereocenters. The Balaban J connectivity index is 1.56. The van der Waals surface area contributed by atoms with Gasteiger partial charge in [0.25, 0.3) is 17.5 Å². The van der Waals surface area contributed by atoms with Crippen LogP contribution in [0.5, 0.6) is 0 Å². The quantitative estimate of drug-likeness (QED) is 0.214. The zero-order valence-corrected chi connectivity index (χ0v) is 16.5. The summed E-state index contributed by atoms with van der Waals surface area (Å²) in [5, 5.41) is 16.9. The number of oxime groups is 1. The molecule has 0 saturated carbocycles. The molecule has 4 heterocycles.